The van der Waals surface area contributed by atoms with E-state index in [1.807, 2.05) is 12.1 Å². The lowest BCUT2D eigenvalue weighted by molar-refractivity contribution is 0.697. The van der Waals surface area contributed by atoms with Gasteiger partial charge < -0.3 is 10.6 Å². The predicted octanol–water partition coefficient (Wildman–Crippen LogP) is 3.32. The first-order valence-corrected chi connectivity index (χ1v) is 6.59. The fourth-order valence-corrected chi connectivity index (χ4v) is 1.63. The summed E-state index contributed by atoms with van der Waals surface area (Å²) in [6.07, 6.45) is 5.33. The molecule has 0 aliphatic carbocycles. The Morgan fingerprint density at radius 2 is 2.25 bits per heavy atom. The molecule has 0 bridgehead atoms. The molecule has 1 heterocycles. The molecule has 0 radical (unpaired) electrons. The molecule has 88 valence electrons. The molecule has 0 amide bonds. The highest BCUT2D eigenvalue weighted by molar-refractivity contribution is 9.10. The lowest BCUT2D eigenvalue weighted by atomic mass is 10.2. The maximum absolute atomic E-state index is 5.14. The van der Waals surface area contributed by atoms with Gasteiger partial charge in [0.25, 0.3) is 0 Å². The Kier molecular flexibility index (Phi) is 6.33. The Morgan fingerprint density at radius 1 is 1.44 bits per heavy atom. The van der Waals surface area contributed by atoms with Gasteiger partial charge in [-0.2, -0.15) is 0 Å². The zero-order valence-electron chi connectivity index (χ0n) is 9.29. The van der Waals surface area contributed by atoms with Gasteiger partial charge in [0.1, 0.15) is 5.82 Å². The molecule has 0 aliphatic heterocycles. The first kappa shape index (κ1) is 13.4. The SMILES string of the molecule is CCCCCNC(=S)Nc1ccc(Br)cn1. The van der Waals surface area contributed by atoms with Crippen LogP contribution in [0.5, 0.6) is 0 Å². The summed E-state index contributed by atoms with van der Waals surface area (Å²) in [4.78, 5) is 4.18. The summed E-state index contributed by atoms with van der Waals surface area (Å²) in [6.45, 7) is 3.10. The quantitative estimate of drug-likeness (QED) is 0.646. The summed E-state index contributed by atoms with van der Waals surface area (Å²) in [5, 5.41) is 6.81. The third kappa shape index (κ3) is 5.42. The molecule has 5 heteroatoms. The van der Waals surface area contributed by atoms with Crippen LogP contribution in [0.15, 0.2) is 22.8 Å². The molecular weight excluding hydrogens is 286 g/mol. The van der Waals surface area contributed by atoms with E-state index >= 15 is 0 Å². The standard InChI is InChI=1S/C11H16BrN3S/c1-2-3-4-7-13-11(16)15-10-6-5-9(12)8-14-10/h5-6,8H,2-4,7H2,1H3,(H2,13,14,15,16). The lowest BCUT2D eigenvalue weighted by Crippen LogP contribution is -2.29. The summed E-state index contributed by atoms with van der Waals surface area (Å²) in [5.74, 6) is 0.760. The summed E-state index contributed by atoms with van der Waals surface area (Å²) < 4.78 is 0.958. The van der Waals surface area contributed by atoms with Crippen LogP contribution >= 0.6 is 28.1 Å². The van der Waals surface area contributed by atoms with E-state index in [4.69, 9.17) is 12.2 Å². The Hall–Kier alpha value is -0.680. The van der Waals surface area contributed by atoms with Crippen molar-refractivity contribution >= 4 is 39.1 Å². The van der Waals surface area contributed by atoms with Gasteiger partial charge in [0.2, 0.25) is 0 Å². The second-order valence-electron chi connectivity index (χ2n) is 3.45. The van der Waals surface area contributed by atoms with Gasteiger partial charge in [-0.25, -0.2) is 4.98 Å². The van der Waals surface area contributed by atoms with Gasteiger partial charge in [-0.05, 0) is 46.7 Å². The molecule has 0 spiro atoms. The molecule has 3 nitrogen and oxygen atoms in total. The molecule has 2 N–H and O–H groups in total. The second-order valence-corrected chi connectivity index (χ2v) is 4.77. The highest BCUT2D eigenvalue weighted by atomic mass is 79.9. The van der Waals surface area contributed by atoms with Crippen LogP contribution in [0, 0.1) is 0 Å². The van der Waals surface area contributed by atoms with Crippen molar-refractivity contribution in [1.29, 1.82) is 0 Å². The van der Waals surface area contributed by atoms with Crippen LogP contribution in [-0.2, 0) is 0 Å². The van der Waals surface area contributed by atoms with Crippen LogP contribution in [0.4, 0.5) is 5.82 Å². The minimum absolute atomic E-state index is 0.630. The van der Waals surface area contributed by atoms with Crippen LogP contribution in [0.2, 0.25) is 0 Å². The van der Waals surface area contributed by atoms with Crippen molar-refractivity contribution in [3.63, 3.8) is 0 Å². The maximum Gasteiger partial charge on any atom is 0.171 e. The molecule has 0 unspecified atom stereocenters. The average molecular weight is 302 g/mol. The molecule has 0 aromatic carbocycles. The van der Waals surface area contributed by atoms with Gasteiger partial charge >= 0.3 is 0 Å². The maximum atomic E-state index is 5.14. The van der Waals surface area contributed by atoms with Crippen molar-refractivity contribution < 1.29 is 0 Å². The Morgan fingerprint density at radius 3 is 2.88 bits per heavy atom. The zero-order valence-corrected chi connectivity index (χ0v) is 11.7. The van der Waals surface area contributed by atoms with Crippen LogP contribution in [0.3, 0.4) is 0 Å². The molecule has 16 heavy (non-hydrogen) atoms. The van der Waals surface area contributed by atoms with Crippen LogP contribution < -0.4 is 10.6 Å². The molecule has 1 rings (SSSR count). The van der Waals surface area contributed by atoms with E-state index in [2.05, 4.69) is 38.5 Å². The van der Waals surface area contributed by atoms with E-state index in [9.17, 15) is 0 Å². The predicted molar refractivity (Wildman–Crippen MR) is 75.7 cm³/mol. The van der Waals surface area contributed by atoms with E-state index < -0.39 is 0 Å². The van der Waals surface area contributed by atoms with Crippen molar-refractivity contribution in [2.75, 3.05) is 11.9 Å². The number of hydrogen-bond acceptors (Lipinski definition) is 2. The van der Waals surface area contributed by atoms with Crippen molar-refractivity contribution in [2.45, 2.75) is 26.2 Å². The summed E-state index contributed by atoms with van der Waals surface area (Å²) in [7, 11) is 0. The summed E-state index contributed by atoms with van der Waals surface area (Å²) in [5.41, 5.74) is 0. The van der Waals surface area contributed by atoms with Gasteiger partial charge in [-0.3, -0.25) is 0 Å². The fourth-order valence-electron chi connectivity index (χ4n) is 1.19. The number of unbranched alkanes of at least 4 members (excludes halogenated alkanes) is 2. The Balaban J connectivity index is 2.26. The van der Waals surface area contributed by atoms with Crippen LogP contribution in [-0.4, -0.2) is 16.6 Å². The number of pyridine rings is 1. The number of nitrogens with zero attached hydrogens (tertiary/aromatic N) is 1. The second kappa shape index (κ2) is 7.57. The number of aromatic nitrogens is 1. The smallest absolute Gasteiger partial charge is 0.171 e. The van der Waals surface area contributed by atoms with Crippen molar-refractivity contribution in [2.24, 2.45) is 0 Å². The van der Waals surface area contributed by atoms with Gasteiger partial charge in [0.15, 0.2) is 5.11 Å². The highest BCUT2D eigenvalue weighted by Crippen LogP contribution is 2.10. The lowest BCUT2D eigenvalue weighted by Gasteiger charge is -2.09. The van der Waals surface area contributed by atoms with Crippen LogP contribution in [0.25, 0.3) is 0 Å². The van der Waals surface area contributed by atoms with Crippen molar-refractivity contribution in [1.82, 2.24) is 10.3 Å². The fraction of sp³-hybridized carbons (Fsp3) is 0.455. The van der Waals surface area contributed by atoms with E-state index in [1.165, 1.54) is 12.8 Å². The molecule has 1 aromatic heterocycles. The largest absolute Gasteiger partial charge is 0.362 e. The van der Waals surface area contributed by atoms with Crippen LogP contribution in [0.1, 0.15) is 26.2 Å². The number of thiocarbonyl (C=S) groups is 1. The van der Waals surface area contributed by atoms with E-state index in [1.54, 1.807) is 6.20 Å². The van der Waals surface area contributed by atoms with Crippen molar-refractivity contribution in [3.05, 3.63) is 22.8 Å². The van der Waals surface area contributed by atoms with E-state index in [0.29, 0.717) is 5.11 Å². The summed E-state index contributed by atoms with van der Waals surface area (Å²) in [6, 6.07) is 3.80. The number of anilines is 1. The normalized spacial score (nSPS) is 9.88. The third-order valence-corrected chi connectivity index (χ3v) is 2.75. The van der Waals surface area contributed by atoms with Gasteiger partial charge in [0.05, 0.1) is 0 Å². The number of nitrogens with one attached hydrogen (secondary N) is 2. The molecule has 0 saturated heterocycles. The van der Waals surface area contributed by atoms with E-state index in [0.717, 1.165) is 23.3 Å². The summed E-state index contributed by atoms with van der Waals surface area (Å²) >= 11 is 8.48. The number of rotatable bonds is 5. The first-order chi connectivity index (χ1) is 7.72. The number of hydrogen-bond donors (Lipinski definition) is 2. The minimum atomic E-state index is 0.630. The molecule has 0 fully saturated rings. The van der Waals surface area contributed by atoms with Gasteiger partial charge in [-0.1, -0.05) is 19.8 Å². The van der Waals surface area contributed by atoms with Gasteiger partial charge in [-0.15, -0.1) is 0 Å². The monoisotopic (exact) mass is 301 g/mol. The third-order valence-electron chi connectivity index (χ3n) is 2.03. The van der Waals surface area contributed by atoms with Gasteiger partial charge in [0, 0.05) is 17.2 Å². The highest BCUT2D eigenvalue weighted by Gasteiger charge is 1.97. The average Bonchev–Trinajstić information content (AvgIpc) is 2.28. The topological polar surface area (TPSA) is 37.0 Å². The zero-order chi connectivity index (χ0) is 11.8. The van der Waals surface area contributed by atoms with Crippen molar-refractivity contribution in [3.8, 4) is 0 Å². The number of halogens is 1. The molecule has 1 aromatic rings. The minimum Gasteiger partial charge on any atom is -0.362 e. The first-order valence-electron chi connectivity index (χ1n) is 5.38. The molecule has 0 atom stereocenters. The molecule has 0 aliphatic rings. The molecule has 0 saturated carbocycles. The Bertz CT molecular complexity index is 327. The Labute approximate surface area is 110 Å². The van der Waals surface area contributed by atoms with E-state index in [-0.39, 0.29) is 0 Å². The molecular formula is C11H16BrN3S.